The molecule has 2 aromatic rings. The molecule has 1 aromatic carbocycles. The third-order valence-electron chi connectivity index (χ3n) is 10.3. The number of thiophene rings is 1. The average molecular weight is 725 g/mol. The number of piperazine rings is 1. The Morgan fingerprint density at radius 2 is 1.65 bits per heavy atom. The number of amides is 5. The van der Waals surface area contributed by atoms with E-state index in [1.165, 1.54) is 13.1 Å². The first-order chi connectivity index (χ1) is 23.4. The molecule has 0 saturated carbocycles. The number of hydrogen-bond donors (Lipinski definition) is 3. The minimum Gasteiger partial charge on any atom is -0.386 e. The molecular weight excluding hydrogens is 681 g/mol. The molecule has 11 nitrogen and oxygen atoms in total. The van der Waals surface area contributed by atoms with Gasteiger partial charge in [0.15, 0.2) is 0 Å². The van der Waals surface area contributed by atoms with E-state index >= 15 is 0 Å². The number of fused-ring (bicyclic) bond motifs is 1. The number of piperidine rings is 2. The lowest BCUT2D eigenvalue weighted by molar-refractivity contribution is -0.137. The molecule has 3 N–H and O–H groups in total. The van der Waals surface area contributed by atoms with Crippen LogP contribution in [0.2, 0.25) is 5.02 Å². The summed E-state index contributed by atoms with van der Waals surface area (Å²) in [4.78, 5) is 51.5. The molecule has 1 atom stereocenters. The summed E-state index contributed by atoms with van der Waals surface area (Å²) in [5.74, 6) is -0.320. The maximum atomic E-state index is 14.1. The van der Waals surface area contributed by atoms with Crippen LogP contribution in [0.25, 0.3) is 0 Å². The van der Waals surface area contributed by atoms with Crippen molar-refractivity contribution in [1.29, 1.82) is 0 Å². The molecule has 0 aliphatic carbocycles. The summed E-state index contributed by atoms with van der Waals surface area (Å²) >= 11 is 7.88. The smallest absolute Gasteiger partial charge is 0.386 e. The number of anilines is 2. The van der Waals surface area contributed by atoms with Crippen LogP contribution in [0.3, 0.4) is 0 Å². The number of hydrogen-bond acceptors (Lipinski definition) is 7. The molecule has 3 fully saturated rings. The van der Waals surface area contributed by atoms with Crippen LogP contribution in [-0.2, 0) is 23.9 Å². The molecule has 1 aromatic heterocycles. The van der Waals surface area contributed by atoms with E-state index in [1.807, 2.05) is 16.3 Å². The fraction of sp³-hybridized carbons (Fsp3) is 0.606. The van der Waals surface area contributed by atoms with E-state index in [0.29, 0.717) is 51.6 Å². The minimum atomic E-state index is -4.67. The van der Waals surface area contributed by atoms with Gasteiger partial charge in [0.1, 0.15) is 6.04 Å². The zero-order valence-electron chi connectivity index (χ0n) is 27.8. The quantitative estimate of drug-likeness (QED) is 0.378. The molecular formula is C33H44ClF3N8O3S. The van der Waals surface area contributed by atoms with Gasteiger partial charge in [0.05, 0.1) is 28.5 Å². The Bertz CT molecular complexity index is 1520. The van der Waals surface area contributed by atoms with E-state index in [0.717, 1.165) is 55.7 Å². The molecule has 49 heavy (non-hydrogen) atoms. The first-order valence-electron chi connectivity index (χ1n) is 16.9. The fourth-order valence-corrected chi connectivity index (χ4v) is 8.62. The fourth-order valence-electron chi connectivity index (χ4n) is 7.46. The zero-order chi connectivity index (χ0) is 34.9. The van der Waals surface area contributed by atoms with Crippen molar-refractivity contribution in [3.63, 3.8) is 0 Å². The second-order valence-corrected chi connectivity index (χ2v) is 14.8. The number of benzene rings is 1. The van der Waals surface area contributed by atoms with Crippen LogP contribution in [0.15, 0.2) is 23.6 Å². The Labute approximate surface area is 293 Å². The van der Waals surface area contributed by atoms with Crippen molar-refractivity contribution in [3.05, 3.63) is 44.6 Å². The van der Waals surface area contributed by atoms with Crippen molar-refractivity contribution in [2.75, 3.05) is 77.1 Å². The number of nitrogens with one attached hydrogen (secondary N) is 3. The van der Waals surface area contributed by atoms with Crippen molar-refractivity contribution in [2.24, 2.45) is 0 Å². The molecule has 4 aliphatic heterocycles. The summed E-state index contributed by atoms with van der Waals surface area (Å²) in [6.07, 6.45) is -2.11. The second kappa shape index (κ2) is 14.9. The topological polar surface area (TPSA) is 103 Å². The molecule has 0 unspecified atom stereocenters. The van der Waals surface area contributed by atoms with Crippen molar-refractivity contribution in [1.82, 2.24) is 29.8 Å². The molecule has 0 bridgehead atoms. The van der Waals surface area contributed by atoms with Gasteiger partial charge < -0.3 is 35.6 Å². The molecule has 268 valence electrons. The highest BCUT2D eigenvalue weighted by molar-refractivity contribution is 7.10. The molecule has 6 rings (SSSR count). The van der Waals surface area contributed by atoms with Crippen LogP contribution in [-0.4, -0.2) is 127 Å². The van der Waals surface area contributed by atoms with E-state index in [1.54, 1.807) is 21.1 Å². The van der Waals surface area contributed by atoms with Gasteiger partial charge in [-0.1, -0.05) is 11.6 Å². The van der Waals surface area contributed by atoms with E-state index in [4.69, 9.17) is 11.6 Å². The summed E-state index contributed by atoms with van der Waals surface area (Å²) in [7, 11) is 3.48. The lowest BCUT2D eigenvalue weighted by Crippen LogP contribution is -2.58. The molecule has 0 spiro atoms. The lowest BCUT2D eigenvalue weighted by Gasteiger charge is -2.43. The van der Waals surface area contributed by atoms with E-state index in [9.17, 15) is 27.6 Å². The second-order valence-electron chi connectivity index (χ2n) is 13.4. The monoisotopic (exact) mass is 724 g/mol. The highest BCUT2D eigenvalue weighted by Gasteiger charge is 2.38. The maximum Gasteiger partial charge on any atom is 0.418 e. The van der Waals surface area contributed by atoms with Gasteiger partial charge in [-0.2, -0.15) is 13.2 Å². The zero-order valence-corrected chi connectivity index (χ0v) is 29.4. The summed E-state index contributed by atoms with van der Waals surface area (Å²) < 4.78 is 42.0. The highest BCUT2D eigenvalue weighted by atomic mass is 35.5. The Balaban J connectivity index is 1.14. The Kier molecular flexibility index (Phi) is 10.8. The van der Waals surface area contributed by atoms with Gasteiger partial charge in [-0.25, -0.2) is 9.59 Å². The Morgan fingerprint density at radius 3 is 2.31 bits per heavy atom. The van der Waals surface area contributed by atoms with Gasteiger partial charge in [0.25, 0.3) is 0 Å². The number of likely N-dealkylation sites (N-methyl/N-ethyl adjacent to an activating group) is 1. The van der Waals surface area contributed by atoms with Crippen LogP contribution in [0.5, 0.6) is 0 Å². The Hall–Kier alpha value is -3.27. The molecule has 5 heterocycles. The SMILES string of the molecule is CNc1c(Cl)cc(C[C@@H](NC(=O)N2CCC(N3Cc4sccc4NC3=O)CC2)C(=O)N2CCC(N3CCN(C)CC3)CC2)cc1C(F)(F)F. The van der Waals surface area contributed by atoms with Crippen molar-refractivity contribution in [2.45, 2.75) is 63.0 Å². The normalized spacial score (nSPS) is 20.9. The van der Waals surface area contributed by atoms with Crippen LogP contribution < -0.4 is 16.0 Å². The van der Waals surface area contributed by atoms with Gasteiger partial charge in [0, 0.05) is 82.8 Å². The van der Waals surface area contributed by atoms with Gasteiger partial charge in [0.2, 0.25) is 5.91 Å². The van der Waals surface area contributed by atoms with E-state index in [2.05, 4.69) is 32.8 Å². The van der Waals surface area contributed by atoms with Crippen molar-refractivity contribution >= 4 is 52.3 Å². The van der Waals surface area contributed by atoms with Gasteiger partial charge in [-0.15, -0.1) is 11.3 Å². The summed E-state index contributed by atoms with van der Waals surface area (Å²) in [6, 6.07) is 2.92. The molecule has 5 amide bonds. The molecule has 4 aliphatic rings. The molecule has 0 radical (unpaired) electrons. The number of halogens is 4. The van der Waals surface area contributed by atoms with Crippen LogP contribution in [0, 0.1) is 0 Å². The number of carbonyl (C=O) groups excluding carboxylic acids is 3. The first-order valence-corrected chi connectivity index (χ1v) is 18.1. The van der Waals surface area contributed by atoms with Crippen molar-refractivity contribution in [3.8, 4) is 0 Å². The lowest BCUT2D eigenvalue weighted by atomic mass is 9.98. The molecule has 3 saturated heterocycles. The van der Waals surface area contributed by atoms with Gasteiger partial charge >= 0.3 is 18.2 Å². The first kappa shape index (κ1) is 35.6. The molecule has 16 heteroatoms. The third kappa shape index (κ3) is 8.05. The minimum absolute atomic E-state index is 0.0491. The Morgan fingerprint density at radius 1 is 1.00 bits per heavy atom. The van der Waals surface area contributed by atoms with Crippen LogP contribution in [0.4, 0.5) is 34.1 Å². The van der Waals surface area contributed by atoms with Crippen LogP contribution >= 0.6 is 22.9 Å². The number of carbonyl (C=O) groups is 3. The van der Waals surface area contributed by atoms with Crippen LogP contribution in [0.1, 0.15) is 41.7 Å². The summed E-state index contributed by atoms with van der Waals surface area (Å²) in [6.45, 7) is 6.23. The maximum absolute atomic E-state index is 14.1. The van der Waals surface area contributed by atoms with Gasteiger partial charge in [-0.05, 0) is 61.9 Å². The van der Waals surface area contributed by atoms with Gasteiger partial charge in [-0.3, -0.25) is 9.69 Å². The number of rotatable bonds is 7. The average Bonchev–Trinajstić information content (AvgIpc) is 3.54. The number of urea groups is 2. The number of alkyl halides is 3. The predicted molar refractivity (Wildman–Crippen MR) is 184 cm³/mol. The number of likely N-dealkylation sites (tertiary alicyclic amines) is 2. The number of nitrogens with zero attached hydrogens (tertiary/aromatic N) is 5. The van der Waals surface area contributed by atoms with E-state index in [-0.39, 0.29) is 40.7 Å². The van der Waals surface area contributed by atoms with Crippen molar-refractivity contribution < 1.29 is 27.6 Å². The third-order valence-corrected chi connectivity index (χ3v) is 11.5. The highest BCUT2D eigenvalue weighted by Crippen LogP contribution is 2.40. The summed E-state index contributed by atoms with van der Waals surface area (Å²) in [5, 5.41) is 10.2. The predicted octanol–water partition coefficient (Wildman–Crippen LogP) is 4.83. The largest absolute Gasteiger partial charge is 0.418 e. The van der Waals surface area contributed by atoms with E-state index < -0.39 is 23.8 Å². The summed E-state index contributed by atoms with van der Waals surface area (Å²) in [5.41, 5.74) is -0.130. The standard InChI is InChI=1S/C33H44ClF3N8O3S/c1-38-29-24(33(35,36)37)17-21(18-25(29)34)19-27(30(46)43-8-3-22(4-9-43)42-14-12-41(2)13-15-42)40-31(47)44-10-5-23(6-11-44)45-20-28-26(7-16-49-28)39-32(45)48/h7,16-18,22-23,27,38H,3-6,8-15,19-20H2,1-2H3,(H,39,48)(H,40,47)/t27-/m1/s1.